The molecule has 100 valence electrons. The van der Waals surface area contributed by atoms with E-state index in [1.165, 1.54) is 25.5 Å². The van der Waals surface area contributed by atoms with Crippen LogP contribution in [0.5, 0.6) is 0 Å². The number of aromatic nitrogens is 2. The molecule has 2 aliphatic rings. The smallest absolute Gasteiger partial charge is 0.366 e. The van der Waals surface area contributed by atoms with E-state index in [0.29, 0.717) is 17.8 Å². The van der Waals surface area contributed by atoms with Crippen molar-refractivity contribution >= 4 is 5.82 Å². The Morgan fingerprint density at radius 3 is 2.78 bits per heavy atom. The molecule has 0 aromatic carbocycles. The minimum Gasteiger partial charge on any atom is -0.366 e. The summed E-state index contributed by atoms with van der Waals surface area (Å²) in [5.74, 6) is 2.06. The summed E-state index contributed by atoms with van der Waals surface area (Å²) in [4.78, 5) is 0. The van der Waals surface area contributed by atoms with E-state index in [1.807, 2.05) is 0 Å². The van der Waals surface area contributed by atoms with Crippen LogP contribution in [0.2, 0.25) is 0 Å². The van der Waals surface area contributed by atoms with Crippen molar-refractivity contribution in [1.82, 2.24) is 9.78 Å². The summed E-state index contributed by atoms with van der Waals surface area (Å²) >= 11 is 0. The second kappa shape index (κ2) is 4.17. The topological polar surface area (TPSA) is 29.9 Å². The van der Waals surface area contributed by atoms with Crippen LogP contribution in [0, 0.1) is 11.8 Å². The molecule has 1 N–H and O–H groups in total. The molecule has 1 aromatic rings. The first kappa shape index (κ1) is 11.9. The van der Waals surface area contributed by atoms with Crippen molar-refractivity contribution < 1.29 is 13.2 Å². The van der Waals surface area contributed by atoms with Crippen molar-refractivity contribution in [3.05, 3.63) is 12.3 Å². The van der Waals surface area contributed by atoms with Crippen LogP contribution in [0.15, 0.2) is 12.3 Å². The minimum atomic E-state index is -4.21. The average Bonchev–Trinajstić information content (AvgIpc) is 2.92. The van der Waals surface area contributed by atoms with Gasteiger partial charge in [-0.15, -0.1) is 0 Å². The molecule has 0 aliphatic heterocycles. The molecule has 1 aromatic heterocycles. The van der Waals surface area contributed by atoms with E-state index in [1.54, 1.807) is 6.07 Å². The number of fused-ring (bicyclic) bond motifs is 2. The monoisotopic (exact) mass is 259 g/mol. The van der Waals surface area contributed by atoms with Gasteiger partial charge in [0.15, 0.2) is 0 Å². The van der Waals surface area contributed by atoms with Crippen molar-refractivity contribution in [3.63, 3.8) is 0 Å². The van der Waals surface area contributed by atoms with Crippen molar-refractivity contribution in [2.24, 2.45) is 11.8 Å². The molecular formula is C12H16F3N3. The minimum absolute atomic E-state index is 0.401. The van der Waals surface area contributed by atoms with Gasteiger partial charge in [0.05, 0.1) is 0 Å². The fourth-order valence-electron chi connectivity index (χ4n) is 3.32. The second-order valence-electron chi connectivity index (χ2n) is 5.44. The molecule has 3 nitrogen and oxygen atoms in total. The zero-order chi connectivity index (χ0) is 12.8. The molecule has 6 heteroatoms. The van der Waals surface area contributed by atoms with Crippen LogP contribution in [0.1, 0.15) is 25.7 Å². The van der Waals surface area contributed by atoms with E-state index >= 15 is 0 Å². The van der Waals surface area contributed by atoms with E-state index in [2.05, 4.69) is 10.4 Å². The molecule has 0 amide bonds. The largest absolute Gasteiger partial charge is 0.408 e. The van der Waals surface area contributed by atoms with Crippen molar-refractivity contribution in [2.45, 2.75) is 44.4 Å². The Bertz CT molecular complexity index is 426. The quantitative estimate of drug-likeness (QED) is 0.904. The maximum Gasteiger partial charge on any atom is 0.408 e. The van der Waals surface area contributed by atoms with Crippen molar-refractivity contribution in [1.29, 1.82) is 0 Å². The predicted octanol–water partition coefficient (Wildman–Crippen LogP) is 3.05. The standard InChI is InChI=1S/C12H16F3N3/c13-12(14,15)7-18-4-3-11(17-18)16-10-6-8-1-2-9(10)5-8/h3-4,8-10H,1-2,5-7H2,(H,16,17)/t8-,9-,10-/m0/s1. The first-order valence-electron chi connectivity index (χ1n) is 6.36. The van der Waals surface area contributed by atoms with E-state index in [9.17, 15) is 13.2 Å². The highest BCUT2D eigenvalue weighted by Crippen LogP contribution is 2.45. The molecular weight excluding hydrogens is 243 g/mol. The maximum atomic E-state index is 12.2. The summed E-state index contributed by atoms with van der Waals surface area (Å²) in [6.07, 6.45) is 2.12. The zero-order valence-corrected chi connectivity index (χ0v) is 9.95. The first-order valence-corrected chi connectivity index (χ1v) is 6.36. The van der Waals surface area contributed by atoms with Gasteiger partial charge in [-0.3, -0.25) is 4.68 Å². The van der Waals surface area contributed by atoms with E-state index in [0.717, 1.165) is 17.0 Å². The number of hydrogen-bond donors (Lipinski definition) is 1. The van der Waals surface area contributed by atoms with Crippen LogP contribution in [0.25, 0.3) is 0 Å². The predicted molar refractivity (Wildman–Crippen MR) is 61.1 cm³/mol. The molecule has 0 spiro atoms. The van der Waals surface area contributed by atoms with Gasteiger partial charge in [0.1, 0.15) is 12.4 Å². The molecule has 3 rings (SSSR count). The van der Waals surface area contributed by atoms with E-state index in [-0.39, 0.29) is 0 Å². The van der Waals surface area contributed by atoms with E-state index < -0.39 is 12.7 Å². The molecule has 2 bridgehead atoms. The van der Waals surface area contributed by atoms with Crippen LogP contribution >= 0.6 is 0 Å². The fraction of sp³-hybridized carbons (Fsp3) is 0.750. The van der Waals surface area contributed by atoms with Crippen molar-refractivity contribution in [3.8, 4) is 0 Å². The lowest BCUT2D eigenvalue weighted by molar-refractivity contribution is -0.142. The lowest BCUT2D eigenvalue weighted by atomic mass is 9.95. The average molecular weight is 259 g/mol. The van der Waals surface area contributed by atoms with Gasteiger partial charge in [0, 0.05) is 18.3 Å². The van der Waals surface area contributed by atoms with Gasteiger partial charge in [0.2, 0.25) is 0 Å². The van der Waals surface area contributed by atoms with Crippen LogP contribution in [-0.4, -0.2) is 22.0 Å². The van der Waals surface area contributed by atoms with Crippen molar-refractivity contribution in [2.75, 3.05) is 5.32 Å². The van der Waals surface area contributed by atoms with Gasteiger partial charge in [-0.05, 0) is 31.1 Å². The molecule has 2 fully saturated rings. The first-order chi connectivity index (χ1) is 8.49. The van der Waals surface area contributed by atoms with Crippen LogP contribution < -0.4 is 5.32 Å². The molecule has 18 heavy (non-hydrogen) atoms. The zero-order valence-electron chi connectivity index (χ0n) is 9.95. The third-order valence-corrected chi connectivity index (χ3v) is 4.05. The highest BCUT2D eigenvalue weighted by molar-refractivity contribution is 5.34. The van der Waals surface area contributed by atoms with Gasteiger partial charge < -0.3 is 5.32 Å². The van der Waals surface area contributed by atoms with Gasteiger partial charge in [-0.25, -0.2) is 0 Å². The maximum absolute atomic E-state index is 12.2. The number of nitrogens with zero attached hydrogens (tertiary/aromatic N) is 2. The van der Waals surface area contributed by atoms with Crippen LogP contribution in [0.3, 0.4) is 0 Å². The van der Waals surface area contributed by atoms with Gasteiger partial charge in [-0.1, -0.05) is 6.42 Å². The number of halogens is 3. The number of rotatable bonds is 3. The normalized spacial score (nSPS) is 30.9. The SMILES string of the molecule is FC(F)(F)Cn1ccc(N[C@H]2C[C@H]3CC[C@H]2C3)n1. The summed E-state index contributed by atoms with van der Waals surface area (Å²) in [7, 11) is 0. The van der Waals surface area contributed by atoms with Crippen LogP contribution in [-0.2, 0) is 6.54 Å². The van der Waals surface area contributed by atoms with Gasteiger partial charge in [0.25, 0.3) is 0 Å². The summed E-state index contributed by atoms with van der Waals surface area (Å²) < 4.78 is 37.5. The molecule has 1 heterocycles. The summed E-state index contributed by atoms with van der Waals surface area (Å²) in [5.41, 5.74) is 0. The summed E-state index contributed by atoms with van der Waals surface area (Å²) in [6.45, 7) is -1.02. The Kier molecular flexibility index (Phi) is 2.75. The van der Waals surface area contributed by atoms with E-state index in [4.69, 9.17) is 0 Å². The molecule has 0 saturated heterocycles. The summed E-state index contributed by atoms with van der Waals surface area (Å²) in [6, 6.07) is 2.02. The molecule has 0 radical (unpaired) electrons. The summed E-state index contributed by atoms with van der Waals surface area (Å²) in [5, 5.41) is 7.21. The number of anilines is 1. The Balaban J connectivity index is 1.60. The Morgan fingerprint density at radius 2 is 2.17 bits per heavy atom. The highest BCUT2D eigenvalue weighted by atomic mass is 19.4. The van der Waals surface area contributed by atoms with Gasteiger partial charge >= 0.3 is 6.18 Å². The third kappa shape index (κ3) is 2.47. The molecule has 0 unspecified atom stereocenters. The molecule has 2 aliphatic carbocycles. The van der Waals surface area contributed by atoms with Crippen LogP contribution in [0.4, 0.5) is 19.0 Å². The third-order valence-electron chi connectivity index (χ3n) is 4.05. The number of nitrogens with one attached hydrogen (secondary N) is 1. The van der Waals surface area contributed by atoms with Gasteiger partial charge in [-0.2, -0.15) is 18.3 Å². The Hall–Kier alpha value is -1.20. The molecule has 2 saturated carbocycles. The second-order valence-corrected chi connectivity index (χ2v) is 5.44. The lowest BCUT2D eigenvalue weighted by Gasteiger charge is -2.22. The lowest BCUT2D eigenvalue weighted by Crippen LogP contribution is -2.26. The highest BCUT2D eigenvalue weighted by Gasteiger charge is 2.39. The number of alkyl halides is 3. The molecule has 3 atom stereocenters. The number of hydrogen-bond acceptors (Lipinski definition) is 2. The fourth-order valence-corrected chi connectivity index (χ4v) is 3.32. The Morgan fingerprint density at radius 1 is 1.33 bits per heavy atom. The Labute approximate surface area is 103 Å².